The predicted molar refractivity (Wildman–Crippen MR) is 98.0 cm³/mol. The highest BCUT2D eigenvalue weighted by Gasteiger charge is 2.35. The first-order valence-corrected chi connectivity index (χ1v) is 9.47. The zero-order valence-corrected chi connectivity index (χ0v) is 16.6. The van der Waals surface area contributed by atoms with Crippen LogP contribution in [0.4, 0.5) is 11.4 Å². The first kappa shape index (κ1) is 23.3. The number of carbonyl (C=O) groups excluding carboxylic acids is 2. The molecule has 0 saturated heterocycles. The quantitative estimate of drug-likeness (QED) is 0.218. The van der Waals surface area contributed by atoms with E-state index in [1.54, 1.807) is 20.8 Å². The highest BCUT2D eigenvalue weighted by Crippen LogP contribution is 2.30. The lowest BCUT2D eigenvalue weighted by Crippen LogP contribution is -2.38. The molecule has 1 rings (SSSR count). The largest absolute Gasteiger partial charge is 0.468 e. The summed E-state index contributed by atoms with van der Waals surface area (Å²) < 4.78 is 43.1. The standard InChI is InChI=1S/C16H22N2O9S/c1-16(2,3)27-15(20)11(14(19)26-4)9-10-17(28(23,24)25)12-7-5-6-8-13(12)18(21)22/h5-8,11H,9-10H2,1-4H3,(H,23,24,25)/t11-/m0/s1. The Hall–Kier alpha value is -2.73. The van der Waals surface area contributed by atoms with E-state index in [9.17, 15) is 32.7 Å². The van der Waals surface area contributed by atoms with Gasteiger partial charge in [-0.3, -0.25) is 24.3 Å². The maximum atomic E-state index is 12.3. The number of esters is 2. The molecule has 0 aromatic heterocycles. The number of para-hydroxylation sites is 2. The minimum Gasteiger partial charge on any atom is -0.468 e. The topological polar surface area (TPSA) is 153 Å². The third-order valence-electron chi connectivity index (χ3n) is 3.42. The summed E-state index contributed by atoms with van der Waals surface area (Å²) in [6.45, 7) is 4.13. The van der Waals surface area contributed by atoms with Gasteiger partial charge in [-0.25, -0.2) is 4.31 Å². The van der Waals surface area contributed by atoms with E-state index in [1.807, 2.05) is 0 Å². The Kier molecular flexibility index (Phi) is 7.47. The van der Waals surface area contributed by atoms with E-state index in [4.69, 9.17) is 4.74 Å². The number of nitro groups is 1. The van der Waals surface area contributed by atoms with Gasteiger partial charge in [0.2, 0.25) is 0 Å². The summed E-state index contributed by atoms with van der Waals surface area (Å²) in [7, 11) is -3.89. The Morgan fingerprint density at radius 3 is 2.29 bits per heavy atom. The fourth-order valence-corrected chi connectivity index (χ4v) is 3.02. The van der Waals surface area contributed by atoms with Crippen molar-refractivity contribution in [2.45, 2.75) is 32.8 Å². The van der Waals surface area contributed by atoms with Gasteiger partial charge >= 0.3 is 22.2 Å². The number of hydrogen-bond donors (Lipinski definition) is 1. The van der Waals surface area contributed by atoms with Crippen molar-refractivity contribution in [3.63, 3.8) is 0 Å². The molecule has 28 heavy (non-hydrogen) atoms. The van der Waals surface area contributed by atoms with Gasteiger partial charge in [-0.05, 0) is 33.3 Å². The fourth-order valence-electron chi connectivity index (χ4n) is 2.28. The van der Waals surface area contributed by atoms with Gasteiger partial charge in [0.25, 0.3) is 5.69 Å². The molecular formula is C16H22N2O9S. The molecular weight excluding hydrogens is 396 g/mol. The molecule has 1 aromatic carbocycles. The Balaban J connectivity index is 3.21. The summed E-state index contributed by atoms with van der Waals surface area (Å²) >= 11 is 0. The Morgan fingerprint density at radius 2 is 1.82 bits per heavy atom. The SMILES string of the molecule is COC(=O)[C@H](CCN(c1ccccc1[N+](=O)[O-])S(=O)(=O)O)C(=O)OC(C)(C)C. The first-order chi connectivity index (χ1) is 12.8. The smallest absolute Gasteiger partial charge is 0.360 e. The molecule has 0 aliphatic carbocycles. The van der Waals surface area contributed by atoms with E-state index >= 15 is 0 Å². The van der Waals surface area contributed by atoms with E-state index in [0.717, 1.165) is 19.2 Å². The molecule has 0 bridgehead atoms. The molecule has 0 aliphatic rings. The van der Waals surface area contributed by atoms with Crippen molar-refractivity contribution >= 4 is 33.6 Å². The molecule has 0 spiro atoms. The maximum Gasteiger partial charge on any atom is 0.360 e. The fraction of sp³-hybridized carbons (Fsp3) is 0.500. The van der Waals surface area contributed by atoms with Gasteiger partial charge in [0.1, 0.15) is 11.3 Å². The van der Waals surface area contributed by atoms with Crippen molar-refractivity contribution in [2.24, 2.45) is 5.92 Å². The molecule has 156 valence electrons. The Bertz CT molecular complexity index is 846. The second-order valence-corrected chi connectivity index (χ2v) is 8.03. The van der Waals surface area contributed by atoms with Crippen molar-refractivity contribution in [1.82, 2.24) is 0 Å². The van der Waals surface area contributed by atoms with Crippen LogP contribution in [0.1, 0.15) is 27.2 Å². The van der Waals surface area contributed by atoms with Crippen LogP contribution in [0, 0.1) is 16.0 Å². The van der Waals surface area contributed by atoms with Crippen LogP contribution in [-0.2, 0) is 29.4 Å². The lowest BCUT2D eigenvalue weighted by molar-refractivity contribution is -0.384. The number of carbonyl (C=O) groups is 2. The van der Waals surface area contributed by atoms with Gasteiger partial charge in [0.15, 0.2) is 5.92 Å². The minimum absolute atomic E-state index is 0.339. The van der Waals surface area contributed by atoms with Gasteiger partial charge in [-0.15, -0.1) is 0 Å². The molecule has 1 aromatic rings. The summed E-state index contributed by atoms with van der Waals surface area (Å²) in [5, 5.41) is 11.2. The number of hydrogen-bond acceptors (Lipinski definition) is 8. The summed E-state index contributed by atoms with van der Waals surface area (Å²) in [6.07, 6.45) is -0.437. The molecule has 0 radical (unpaired) electrons. The molecule has 11 nitrogen and oxygen atoms in total. The normalized spacial score (nSPS) is 12.8. The summed E-state index contributed by atoms with van der Waals surface area (Å²) in [6, 6.07) is 4.83. The summed E-state index contributed by atoms with van der Waals surface area (Å²) in [5.74, 6) is -3.40. The zero-order chi connectivity index (χ0) is 21.7. The van der Waals surface area contributed by atoms with Crippen LogP contribution in [0.25, 0.3) is 0 Å². The average Bonchev–Trinajstić information content (AvgIpc) is 2.55. The maximum absolute atomic E-state index is 12.3. The number of benzene rings is 1. The molecule has 1 N–H and O–H groups in total. The lowest BCUT2D eigenvalue weighted by Gasteiger charge is -2.25. The minimum atomic E-state index is -4.94. The van der Waals surface area contributed by atoms with Gasteiger partial charge in [0, 0.05) is 12.6 Å². The van der Waals surface area contributed by atoms with Gasteiger partial charge in [-0.1, -0.05) is 12.1 Å². The van der Waals surface area contributed by atoms with Crippen LogP contribution >= 0.6 is 0 Å². The van der Waals surface area contributed by atoms with Crippen LogP contribution in [-0.4, -0.2) is 49.1 Å². The molecule has 0 aliphatic heterocycles. The number of nitrogens with zero attached hydrogens (tertiary/aromatic N) is 2. The van der Waals surface area contributed by atoms with Gasteiger partial charge in [0.05, 0.1) is 12.0 Å². The number of ether oxygens (including phenoxy) is 2. The van der Waals surface area contributed by atoms with Crippen LogP contribution in [0.3, 0.4) is 0 Å². The molecule has 0 fully saturated rings. The van der Waals surface area contributed by atoms with E-state index in [0.29, 0.717) is 4.31 Å². The van der Waals surface area contributed by atoms with Crippen LogP contribution in [0.2, 0.25) is 0 Å². The monoisotopic (exact) mass is 418 g/mol. The van der Waals surface area contributed by atoms with Crippen molar-refractivity contribution < 1.29 is 37.0 Å². The molecule has 12 heteroatoms. The number of methoxy groups -OCH3 is 1. The van der Waals surface area contributed by atoms with E-state index in [-0.39, 0.29) is 0 Å². The lowest BCUT2D eigenvalue weighted by atomic mass is 10.1. The summed E-state index contributed by atoms with van der Waals surface area (Å²) in [5.41, 5.74) is -1.90. The first-order valence-electron chi connectivity index (χ1n) is 8.07. The van der Waals surface area contributed by atoms with Crippen LogP contribution < -0.4 is 4.31 Å². The number of anilines is 1. The predicted octanol–water partition coefficient (Wildman–Crippen LogP) is 1.72. The Labute approximate surface area is 162 Å². The van der Waals surface area contributed by atoms with Crippen LogP contribution in [0.5, 0.6) is 0 Å². The van der Waals surface area contributed by atoms with E-state index < -0.39 is 63.0 Å². The molecule has 0 unspecified atom stereocenters. The molecule has 0 amide bonds. The number of nitro benzene ring substituents is 1. The molecule has 0 saturated carbocycles. The summed E-state index contributed by atoms with van der Waals surface area (Å²) in [4.78, 5) is 34.6. The van der Waals surface area contributed by atoms with Crippen LogP contribution in [0.15, 0.2) is 24.3 Å². The second kappa shape index (κ2) is 8.97. The number of rotatable bonds is 8. The van der Waals surface area contributed by atoms with E-state index in [1.165, 1.54) is 12.1 Å². The second-order valence-electron chi connectivity index (χ2n) is 6.69. The third-order valence-corrected chi connectivity index (χ3v) is 4.36. The molecule has 1 atom stereocenters. The van der Waals surface area contributed by atoms with Crippen molar-refractivity contribution in [2.75, 3.05) is 18.0 Å². The Morgan fingerprint density at radius 1 is 1.25 bits per heavy atom. The van der Waals surface area contributed by atoms with Gasteiger partial charge in [-0.2, -0.15) is 8.42 Å². The molecule has 0 heterocycles. The van der Waals surface area contributed by atoms with Crippen molar-refractivity contribution in [3.05, 3.63) is 34.4 Å². The third kappa shape index (κ3) is 6.46. The van der Waals surface area contributed by atoms with Gasteiger partial charge < -0.3 is 9.47 Å². The van der Waals surface area contributed by atoms with E-state index in [2.05, 4.69) is 4.74 Å². The highest BCUT2D eigenvalue weighted by molar-refractivity contribution is 7.87. The van der Waals surface area contributed by atoms with Crippen molar-refractivity contribution in [1.29, 1.82) is 0 Å². The van der Waals surface area contributed by atoms with Crippen molar-refractivity contribution in [3.8, 4) is 0 Å². The average molecular weight is 418 g/mol. The zero-order valence-electron chi connectivity index (χ0n) is 15.8. The highest BCUT2D eigenvalue weighted by atomic mass is 32.2.